The second-order valence-electron chi connectivity index (χ2n) is 5.23. The molecule has 0 amide bonds. The fraction of sp³-hybridized carbons (Fsp3) is 0.417. The molecule has 2 aromatic rings. The minimum atomic E-state index is -3.74. The van der Waals surface area contributed by atoms with Crippen molar-refractivity contribution in [2.45, 2.75) is 17.4 Å². The number of sulfone groups is 1. The van der Waals surface area contributed by atoms with E-state index < -0.39 is 25.9 Å². The molecule has 1 aliphatic heterocycles. The van der Waals surface area contributed by atoms with Gasteiger partial charge in [-0.25, -0.2) is 26.5 Å². The Kier molecular flexibility index (Phi) is 3.30. The molecule has 3 rings (SSSR count). The zero-order valence-corrected chi connectivity index (χ0v) is 13.0. The van der Waals surface area contributed by atoms with Crippen molar-refractivity contribution in [3.63, 3.8) is 0 Å². The zero-order valence-electron chi connectivity index (χ0n) is 11.4. The minimum Gasteiger partial charge on any atom is -0.334 e. The van der Waals surface area contributed by atoms with Crippen LogP contribution < -0.4 is 4.72 Å². The average Bonchev–Trinajstić information content (AvgIpc) is 2.92. The van der Waals surface area contributed by atoms with Gasteiger partial charge in [-0.15, -0.1) is 0 Å². The van der Waals surface area contributed by atoms with Crippen LogP contribution in [0.15, 0.2) is 29.4 Å². The van der Waals surface area contributed by atoms with Gasteiger partial charge in [0.25, 0.3) is 0 Å². The molecule has 0 spiro atoms. The van der Waals surface area contributed by atoms with Crippen LogP contribution in [0.5, 0.6) is 0 Å². The van der Waals surface area contributed by atoms with E-state index in [4.69, 9.17) is 0 Å². The lowest BCUT2D eigenvalue weighted by atomic mass is 10.3. The van der Waals surface area contributed by atoms with Crippen LogP contribution in [0.4, 0.5) is 0 Å². The Hall–Kier alpha value is -1.45. The third kappa shape index (κ3) is 2.81. The fourth-order valence-corrected chi connectivity index (χ4v) is 5.53. The molecule has 0 bridgehead atoms. The summed E-state index contributed by atoms with van der Waals surface area (Å²) < 4.78 is 51.7. The number of imidazole rings is 1. The molecule has 1 aromatic heterocycles. The quantitative estimate of drug-likeness (QED) is 0.857. The zero-order chi connectivity index (χ0) is 15.3. The lowest BCUT2D eigenvalue weighted by Crippen LogP contribution is -2.35. The van der Waals surface area contributed by atoms with Crippen molar-refractivity contribution in [1.82, 2.24) is 14.3 Å². The molecular formula is C12H15N3O4S2. The molecule has 9 heteroatoms. The maximum atomic E-state index is 12.3. The van der Waals surface area contributed by atoms with Crippen LogP contribution in [0.3, 0.4) is 0 Å². The Morgan fingerprint density at radius 1 is 1.38 bits per heavy atom. The van der Waals surface area contributed by atoms with Gasteiger partial charge in [0.1, 0.15) is 0 Å². The number of nitrogens with zero attached hydrogens (tertiary/aromatic N) is 2. The number of hydrogen-bond acceptors (Lipinski definition) is 5. The Morgan fingerprint density at radius 2 is 2.14 bits per heavy atom. The van der Waals surface area contributed by atoms with E-state index in [1.807, 2.05) is 7.05 Å². The summed E-state index contributed by atoms with van der Waals surface area (Å²) >= 11 is 0. The summed E-state index contributed by atoms with van der Waals surface area (Å²) in [5.74, 6) is -0.114. The van der Waals surface area contributed by atoms with Gasteiger partial charge in [0.15, 0.2) is 9.84 Å². The average molecular weight is 329 g/mol. The largest absolute Gasteiger partial charge is 0.334 e. The molecule has 21 heavy (non-hydrogen) atoms. The molecule has 1 atom stereocenters. The summed E-state index contributed by atoms with van der Waals surface area (Å²) in [6, 6.07) is 4.11. The Morgan fingerprint density at radius 3 is 2.81 bits per heavy atom. The molecule has 0 saturated carbocycles. The minimum absolute atomic E-state index is 0.0272. The molecule has 1 N–H and O–H groups in total. The van der Waals surface area contributed by atoms with Gasteiger partial charge in [0, 0.05) is 13.1 Å². The van der Waals surface area contributed by atoms with Crippen LogP contribution in [0.2, 0.25) is 0 Å². The van der Waals surface area contributed by atoms with E-state index in [0.29, 0.717) is 11.9 Å². The summed E-state index contributed by atoms with van der Waals surface area (Å²) in [5.41, 5.74) is 1.41. The van der Waals surface area contributed by atoms with Gasteiger partial charge in [0.2, 0.25) is 10.0 Å². The van der Waals surface area contributed by atoms with Crippen LogP contribution in [-0.4, -0.2) is 43.9 Å². The molecular weight excluding hydrogens is 314 g/mol. The summed E-state index contributed by atoms with van der Waals surface area (Å²) in [4.78, 5) is 4.22. The van der Waals surface area contributed by atoms with Crippen LogP contribution in [-0.2, 0) is 26.9 Å². The van der Waals surface area contributed by atoms with Crippen molar-refractivity contribution < 1.29 is 16.8 Å². The number of nitrogens with one attached hydrogen (secondary N) is 1. The van der Waals surface area contributed by atoms with Crippen molar-refractivity contribution in [3.8, 4) is 0 Å². The van der Waals surface area contributed by atoms with Gasteiger partial charge in [-0.2, -0.15) is 0 Å². The highest BCUT2D eigenvalue weighted by Gasteiger charge is 2.31. The normalized spacial score (nSPS) is 21.9. The SMILES string of the molecule is Cn1cnc2cc(S(=O)(=O)NC3CCS(=O)(=O)C3)ccc21. The number of rotatable bonds is 3. The monoisotopic (exact) mass is 329 g/mol. The lowest BCUT2D eigenvalue weighted by Gasteiger charge is -2.11. The van der Waals surface area contributed by atoms with Crippen molar-refractivity contribution >= 4 is 30.9 Å². The van der Waals surface area contributed by atoms with Crippen molar-refractivity contribution in [2.75, 3.05) is 11.5 Å². The van der Waals surface area contributed by atoms with E-state index >= 15 is 0 Å². The molecule has 1 aromatic carbocycles. The number of aryl methyl sites for hydroxylation is 1. The summed E-state index contributed by atoms with van der Waals surface area (Å²) in [7, 11) is -5.04. The highest BCUT2D eigenvalue weighted by Crippen LogP contribution is 2.19. The van der Waals surface area contributed by atoms with Crippen molar-refractivity contribution in [3.05, 3.63) is 24.5 Å². The van der Waals surface area contributed by atoms with E-state index in [9.17, 15) is 16.8 Å². The van der Waals surface area contributed by atoms with Crippen molar-refractivity contribution in [1.29, 1.82) is 0 Å². The summed E-state index contributed by atoms with van der Waals surface area (Å²) in [5, 5.41) is 0. The Bertz CT molecular complexity index is 900. The van der Waals surface area contributed by atoms with Gasteiger partial charge in [-0.05, 0) is 24.6 Å². The molecule has 1 unspecified atom stereocenters. The third-order valence-corrected chi connectivity index (χ3v) is 6.85. The molecule has 1 saturated heterocycles. The Labute approximate surface area is 123 Å². The van der Waals surface area contributed by atoms with E-state index in [0.717, 1.165) is 5.52 Å². The predicted octanol–water partition coefficient (Wildman–Crippen LogP) is 0.0387. The molecule has 0 radical (unpaired) electrons. The number of hydrogen-bond donors (Lipinski definition) is 1. The fourth-order valence-electron chi connectivity index (χ4n) is 2.46. The first-order valence-corrected chi connectivity index (χ1v) is 9.71. The van der Waals surface area contributed by atoms with Gasteiger partial charge in [0.05, 0.1) is 33.8 Å². The van der Waals surface area contributed by atoms with Crippen LogP contribution in [0.1, 0.15) is 6.42 Å². The highest BCUT2D eigenvalue weighted by molar-refractivity contribution is 7.92. The van der Waals surface area contributed by atoms with E-state index in [2.05, 4.69) is 9.71 Å². The standard InChI is InChI=1S/C12H15N3O4S2/c1-15-8-13-11-6-10(2-3-12(11)15)21(18,19)14-9-4-5-20(16,17)7-9/h2-3,6,8-9,14H,4-5,7H2,1H3. The molecule has 7 nitrogen and oxygen atoms in total. The van der Waals surface area contributed by atoms with Crippen LogP contribution in [0.25, 0.3) is 11.0 Å². The van der Waals surface area contributed by atoms with Gasteiger partial charge in [-0.1, -0.05) is 0 Å². The van der Waals surface area contributed by atoms with Crippen LogP contribution >= 0.6 is 0 Å². The molecule has 114 valence electrons. The first-order valence-electron chi connectivity index (χ1n) is 6.41. The smallest absolute Gasteiger partial charge is 0.240 e. The van der Waals surface area contributed by atoms with E-state index in [1.165, 1.54) is 12.1 Å². The first-order chi connectivity index (χ1) is 9.77. The molecule has 1 fully saturated rings. The summed E-state index contributed by atoms with van der Waals surface area (Å²) in [6.45, 7) is 0. The van der Waals surface area contributed by atoms with Crippen LogP contribution in [0, 0.1) is 0 Å². The number of fused-ring (bicyclic) bond motifs is 1. The van der Waals surface area contributed by atoms with E-state index in [1.54, 1.807) is 17.0 Å². The van der Waals surface area contributed by atoms with Gasteiger partial charge in [-0.3, -0.25) is 0 Å². The van der Waals surface area contributed by atoms with E-state index in [-0.39, 0.29) is 16.4 Å². The highest BCUT2D eigenvalue weighted by atomic mass is 32.2. The maximum Gasteiger partial charge on any atom is 0.240 e. The molecule has 2 heterocycles. The predicted molar refractivity (Wildman–Crippen MR) is 78.1 cm³/mol. The molecule has 0 aliphatic carbocycles. The molecule has 1 aliphatic rings. The third-order valence-electron chi connectivity index (χ3n) is 3.56. The number of aromatic nitrogens is 2. The topological polar surface area (TPSA) is 98.1 Å². The number of sulfonamides is 1. The first kappa shape index (κ1) is 14.5. The second kappa shape index (κ2) is 4.79. The lowest BCUT2D eigenvalue weighted by molar-refractivity contribution is 0.562. The van der Waals surface area contributed by atoms with Gasteiger partial charge < -0.3 is 4.57 Å². The maximum absolute atomic E-state index is 12.3. The van der Waals surface area contributed by atoms with Gasteiger partial charge >= 0.3 is 0 Å². The summed E-state index contributed by atoms with van der Waals surface area (Å²) in [6.07, 6.45) is 1.92. The number of benzene rings is 1. The second-order valence-corrected chi connectivity index (χ2v) is 9.17. The Balaban J connectivity index is 1.89. The van der Waals surface area contributed by atoms with Crippen molar-refractivity contribution in [2.24, 2.45) is 7.05 Å².